The molecule has 1 aromatic rings. The fourth-order valence-corrected chi connectivity index (χ4v) is 1.11. The minimum Gasteiger partial charge on any atom is -0.396 e. The Morgan fingerprint density at radius 1 is 1.15 bits per heavy atom. The summed E-state index contributed by atoms with van der Waals surface area (Å²) < 4.78 is 24.2. The lowest BCUT2D eigenvalue weighted by molar-refractivity contribution is 0.151. The zero-order valence-corrected chi connectivity index (χ0v) is 7.21. The Morgan fingerprint density at radius 2 is 1.77 bits per heavy atom. The molecule has 0 heterocycles. The second-order valence-corrected chi connectivity index (χ2v) is 2.87. The largest absolute Gasteiger partial charge is 0.396 e. The maximum atomic E-state index is 12.1. The molecule has 1 N–H and O–H groups in total. The number of benzene rings is 1. The number of aliphatic hydroxyl groups excluding tert-OH is 1. The Bertz CT molecular complexity index is 244. The molecule has 0 saturated carbocycles. The van der Waals surface area contributed by atoms with E-state index in [0.717, 1.165) is 12.0 Å². The van der Waals surface area contributed by atoms with Crippen molar-refractivity contribution in [2.24, 2.45) is 0 Å². The Balaban J connectivity index is 2.59. The molecule has 1 nitrogen and oxygen atoms in total. The van der Waals surface area contributed by atoms with Crippen molar-refractivity contribution in [1.82, 2.24) is 0 Å². The summed E-state index contributed by atoms with van der Waals surface area (Å²) in [6.45, 7) is 0.136. The van der Waals surface area contributed by atoms with Crippen molar-refractivity contribution in [3.63, 3.8) is 0 Å². The molecule has 0 fully saturated rings. The summed E-state index contributed by atoms with van der Waals surface area (Å²) in [6.07, 6.45) is -0.986. The van der Waals surface area contributed by atoms with E-state index < -0.39 is 6.43 Å². The molecule has 3 heteroatoms. The van der Waals surface area contributed by atoms with Gasteiger partial charge in [0.05, 0.1) is 0 Å². The van der Waals surface area contributed by atoms with Gasteiger partial charge in [0.15, 0.2) is 0 Å². The van der Waals surface area contributed by atoms with Crippen LogP contribution in [0.2, 0.25) is 0 Å². The molecule has 0 aliphatic heterocycles. The van der Waals surface area contributed by atoms with Gasteiger partial charge in [-0.1, -0.05) is 24.3 Å². The lowest BCUT2D eigenvalue weighted by atomic mass is 10.1. The highest BCUT2D eigenvalue weighted by molar-refractivity contribution is 5.23. The molecule has 13 heavy (non-hydrogen) atoms. The van der Waals surface area contributed by atoms with Crippen molar-refractivity contribution < 1.29 is 13.9 Å². The molecule has 72 valence electrons. The van der Waals surface area contributed by atoms with Crippen LogP contribution in [0, 0.1) is 0 Å². The molecule has 1 aromatic carbocycles. The summed E-state index contributed by atoms with van der Waals surface area (Å²) in [7, 11) is 0. The van der Waals surface area contributed by atoms with Gasteiger partial charge in [-0.3, -0.25) is 0 Å². The van der Waals surface area contributed by atoms with Crippen LogP contribution in [-0.4, -0.2) is 11.7 Å². The van der Waals surface area contributed by atoms with Crippen molar-refractivity contribution in [3.8, 4) is 0 Å². The quantitative estimate of drug-likeness (QED) is 0.766. The Hall–Kier alpha value is -0.960. The average Bonchev–Trinajstić information content (AvgIpc) is 2.15. The van der Waals surface area contributed by atoms with Crippen LogP contribution in [0.1, 0.15) is 24.0 Å². The van der Waals surface area contributed by atoms with Crippen LogP contribution in [0.3, 0.4) is 0 Å². The third-order valence-electron chi connectivity index (χ3n) is 1.86. The van der Waals surface area contributed by atoms with Gasteiger partial charge >= 0.3 is 0 Å². The molecule has 0 saturated heterocycles. The second kappa shape index (κ2) is 4.92. The Morgan fingerprint density at radius 3 is 2.23 bits per heavy atom. The third kappa shape index (κ3) is 3.11. The number of alkyl halides is 2. The van der Waals surface area contributed by atoms with Crippen LogP contribution in [0.15, 0.2) is 24.3 Å². The maximum absolute atomic E-state index is 12.1. The normalized spacial score (nSPS) is 10.8. The molecule has 0 aliphatic rings. The number of hydrogen-bond donors (Lipinski definition) is 1. The van der Waals surface area contributed by atoms with Crippen molar-refractivity contribution in [2.45, 2.75) is 19.3 Å². The van der Waals surface area contributed by atoms with E-state index in [0.29, 0.717) is 6.42 Å². The number of aliphatic hydroxyl groups is 1. The van der Waals surface area contributed by atoms with Gasteiger partial charge in [0.25, 0.3) is 6.43 Å². The van der Waals surface area contributed by atoms with E-state index in [1.54, 1.807) is 12.1 Å². The lowest BCUT2D eigenvalue weighted by Crippen LogP contribution is -1.90. The average molecular weight is 186 g/mol. The van der Waals surface area contributed by atoms with Crippen molar-refractivity contribution in [1.29, 1.82) is 0 Å². The van der Waals surface area contributed by atoms with Gasteiger partial charge in [-0.15, -0.1) is 0 Å². The highest BCUT2D eigenvalue weighted by Crippen LogP contribution is 2.18. The summed E-state index contributed by atoms with van der Waals surface area (Å²) in [6, 6.07) is 6.21. The van der Waals surface area contributed by atoms with Crippen LogP contribution < -0.4 is 0 Å². The Kier molecular flexibility index (Phi) is 3.83. The van der Waals surface area contributed by atoms with E-state index in [1.807, 2.05) is 0 Å². The van der Waals surface area contributed by atoms with E-state index in [9.17, 15) is 8.78 Å². The van der Waals surface area contributed by atoms with E-state index >= 15 is 0 Å². The van der Waals surface area contributed by atoms with E-state index in [4.69, 9.17) is 5.11 Å². The maximum Gasteiger partial charge on any atom is 0.263 e. The van der Waals surface area contributed by atoms with Crippen LogP contribution in [0.5, 0.6) is 0 Å². The third-order valence-corrected chi connectivity index (χ3v) is 1.86. The first kappa shape index (κ1) is 10.1. The van der Waals surface area contributed by atoms with Gasteiger partial charge < -0.3 is 5.11 Å². The molecule has 1 rings (SSSR count). The van der Waals surface area contributed by atoms with Crippen LogP contribution in [0.4, 0.5) is 8.78 Å². The van der Waals surface area contributed by atoms with Crippen molar-refractivity contribution in [3.05, 3.63) is 35.4 Å². The van der Waals surface area contributed by atoms with Crippen molar-refractivity contribution >= 4 is 0 Å². The first-order valence-electron chi connectivity index (χ1n) is 4.22. The molecule has 0 aliphatic carbocycles. The highest BCUT2D eigenvalue weighted by Gasteiger charge is 2.05. The summed E-state index contributed by atoms with van der Waals surface area (Å²) in [5, 5.41) is 8.55. The molecule has 0 bridgehead atoms. The summed E-state index contributed by atoms with van der Waals surface area (Å²) in [5.74, 6) is 0. The predicted octanol–water partition coefficient (Wildman–Crippen LogP) is 2.55. The molecule has 0 aromatic heterocycles. The van der Waals surface area contributed by atoms with Gasteiger partial charge in [0, 0.05) is 12.2 Å². The molecule has 0 unspecified atom stereocenters. The van der Waals surface area contributed by atoms with Gasteiger partial charge in [-0.05, 0) is 18.4 Å². The molecular weight excluding hydrogens is 174 g/mol. The molecular formula is C10H12F2O. The highest BCUT2D eigenvalue weighted by atomic mass is 19.3. The fourth-order valence-electron chi connectivity index (χ4n) is 1.11. The smallest absolute Gasteiger partial charge is 0.263 e. The molecule has 0 spiro atoms. The topological polar surface area (TPSA) is 20.2 Å². The SMILES string of the molecule is OCCCc1ccc(C(F)F)cc1. The Labute approximate surface area is 76.0 Å². The number of aryl methyl sites for hydroxylation is 1. The van der Waals surface area contributed by atoms with Gasteiger partial charge in [0.1, 0.15) is 0 Å². The monoisotopic (exact) mass is 186 g/mol. The van der Waals surface area contributed by atoms with E-state index in [-0.39, 0.29) is 12.2 Å². The second-order valence-electron chi connectivity index (χ2n) is 2.87. The standard InChI is InChI=1S/C10H12F2O/c11-10(12)9-5-3-8(4-6-9)2-1-7-13/h3-6,10,13H,1-2,7H2. The predicted molar refractivity (Wildman–Crippen MR) is 46.8 cm³/mol. The zero-order valence-electron chi connectivity index (χ0n) is 7.21. The minimum atomic E-state index is -2.40. The minimum absolute atomic E-state index is 0.0488. The first-order chi connectivity index (χ1) is 6.24. The summed E-state index contributed by atoms with van der Waals surface area (Å²) in [4.78, 5) is 0. The summed E-state index contributed by atoms with van der Waals surface area (Å²) >= 11 is 0. The zero-order chi connectivity index (χ0) is 9.68. The first-order valence-corrected chi connectivity index (χ1v) is 4.22. The van der Waals surface area contributed by atoms with Crippen LogP contribution in [0.25, 0.3) is 0 Å². The summed E-state index contributed by atoms with van der Waals surface area (Å²) in [5.41, 5.74) is 1.03. The molecule has 0 amide bonds. The molecule has 0 radical (unpaired) electrons. The van der Waals surface area contributed by atoms with E-state index in [1.165, 1.54) is 12.1 Å². The number of rotatable bonds is 4. The molecule has 0 atom stereocenters. The van der Waals surface area contributed by atoms with E-state index in [2.05, 4.69) is 0 Å². The fraction of sp³-hybridized carbons (Fsp3) is 0.400. The van der Waals surface area contributed by atoms with Gasteiger partial charge in [-0.25, -0.2) is 8.78 Å². The van der Waals surface area contributed by atoms with Crippen LogP contribution in [-0.2, 0) is 6.42 Å². The van der Waals surface area contributed by atoms with Gasteiger partial charge in [0.2, 0.25) is 0 Å². The number of halogens is 2. The lowest BCUT2D eigenvalue weighted by Gasteiger charge is -2.02. The van der Waals surface area contributed by atoms with Crippen molar-refractivity contribution in [2.75, 3.05) is 6.61 Å². The van der Waals surface area contributed by atoms with Crippen LogP contribution >= 0.6 is 0 Å². The number of hydrogen-bond acceptors (Lipinski definition) is 1. The van der Waals surface area contributed by atoms with Gasteiger partial charge in [-0.2, -0.15) is 0 Å².